The number of hydrogen-bond donors (Lipinski definition) is 0. The molecule has 2 aliphatic heterocycles. The first kappa shape index (κ1) is 26.5. The van der Waals surface area contributed by atoms with Gasteiger partial charge in [0.25, 0.3) is 5.91 Å². The zero-order chi connectivity index (χ0) is 23.4. The number of rotatable bonds is 6. The van der Waals surface area contributed by atoms with Crippen LogP contribution in [-0.4, -0.2) is 59.7 Å². The van der Waals surface area contributed by atoms with Gasteiger partial charge in [0.05, 0.1) is 17.8 Å². The lowest BCUT2D eigenvalue weighted by Gasteiger charge is -2.50. The summed E-state index contributed by atoms with van der Waals surface area (Å²) in [6.07, 6.45) is 3.15. The van der Waals surface area contributed by atoms with Crippen molar-refractivity contribution in [1.29, 1.82) is 0 Å². The Kier molecular flexibility index (Phi) is 9.02. The van der Waals surface area contributed by atoms with Crippen LogP contribution in [0.4, 0.5) is 0 Å². The molecule has 1 spiro atoms. The van der Waals surface area contributed by atoms with E-state index in [0.717, 1.165) is 68.9 Å². The molecule has 1 atom stereocenters. The molecule has 0 bridgehead atoms. The molecule has 6 heteroatoms. The smallest absolute Gasteiger partial charge is 0.253 e. The number of piperidine rings is 1. The Labute approximate surface area is 210 Å². The number of likely N-dealkylation sites (tertiary alicyclic amines) is 1. The Bertz CT molecular complexity index is 942. The molecule has 0 saturated carbocycles. The van der Waals surface area contributed by atoms with Crippen molar-refractivity contribution in [3.63, 3.8) is 0 Å². The Balaban J connectivity index is 0.00000324. The van der Waals surface area contributed by atoms with E-state index in [4.69, 9.17) is 9.47 Å². The summed E-state index contributed by atoms with van der Waals surface area (Å²) >= 11 is 0. The lowest BCUT2D eigenvalue weighted by atomic mass is 9.87. The molecule has 2 heterocycles. The third-order valence-corrected chi connectivity index (χ3v) is 6.84. The molecule has 0 aliphatic carbocycles. The van der Waals surface area contributed by atoms with E-state index in [1.807, 2.05) is 43.9 Å². The number of hydrogen-bond acceptors (Lipinski definition) is 4. The van der Waals surface area contributed by atoms with Crippen LogP contribution in [0.1, 0.15) is 61.5 Å². The van der Waals surface area contributed by atoms with E-state index in [9.17, 15) is 4.79 Å². The molecule has 0 radical (unpaired) electrons. The second-order valence-electron chi connectivity index (χ2n) is 9.93. The molecule has 2 aliphatic rings. The van der Waals surface area contributed by atoms with Gasteiger partial charge in [0.2, 0.25) is 0 Å². The minimum atomic E-state index is -0.157. The minimum Gasteiger partial charge on any atom is -0.491 e. The molecule has 4 rings (SSSR count). The van der Waals surface area contributed by atoms with E-state index < -0.39 is 0 Å². The summed E-state index contributed by atoms with van der Waals surface area (Å²) in [5.74, 6) is 0.951. The van der Waals surface area contributed by atoms with Crippen LogP contribution in [0.3, 0.4) is 0 Å². The van der Waals surface area contributed by atoms with Crippen LogP contribution >= 0.6 is 12.4 Å². The SMILES string of the molecule is CCC1CN(Cc2ccccc2)CC2(CCN(C(=O)c3ccc(OC(C)C)c(C)c3)CC2)O1.Cl. The number of morpholine rings is 1. The van der Waals surface area contributed by atoms with Crippen molar-refractivity contribution in [2.24, 2.45) is 0 Å². The Morgan fingerprint density at radius 1 is 1.15 bits per heavy atom. The molecule has 0 N–H and O–H groups in total. The fourth-order valence-electron chi connectivity index (χ4n) is 5.11. The van der Waals surface area contributed by atoms with E-state index in [1.54, 1.807) is 0 Å². The van der Waals surface area contributed by atoms with Gasteiger partial charge in [-0.2, -0.15) is 0 Å². The molecule has 186 valence electrons. The monoisotopic (exact) mass is 486 g/mol. The number of amides is 1. The number of carbonyl (C=O) groups is 1. The van der Waals surface area contributed by atoms with Crippen molar-refractivity contribution < 1.29 is 14.3 Å². The van der Waals surface area contributed by atoms with Crippen LogP contribution in [0.2, 0.25) is 0 Å². The quantitative estimate of drug-likeness (QED) is 0.541. The Morgan fingerprint density at radius 3 is 2.47 bits per heavy atom. The second kappa shape index (κ2) is 11.6. The maximum atomic E-state index is 13.2. The molecule has 34 heavy (non-hydrogen) atoms. The zero-order valence-corrected chi connectivity index (χ0v) is 21.8. The first-order valence-corrected chi connectivity index (χ1v) is 12.4. The average molecular weight is 487 g/mol. The Hall–Kier alpha value is -2.08. The van der Waals surface area contributed by atoms with Gasteiger partial charge in [-0.15, -0.1) is 12.4 Å². The van der Waals surface area contributed by atoms with Crippen LogP contribution in [-0.2, 0) is 11.3 Å². The van der Waals surface area contributed by atoms with Crippen LogP contribution in [0.15, 0.2) is 48.5 Å². The predicted molar refractivity (Wildman–Crippen MR) is 139 cm³/mol. The summed E-state index contributed by atoms with van der Waals surface area (Å²) in [7, 11) is 0. The fourth-order valence-corrected chi connectivity index (χ4v) is 5.11. The van der Waals surface area contributed by atoms with E-state index in [1.165, 1.54) is 5.56 Å². The van der Waals surface area contributed by atoms with Crippen LogP contribution in [0.5, 0.6) is 5.75 Å². The van der Waals surface area contributed by atoms with Gasteiger partial charge < -0.3 is 14.4 Å². The standard InChI is InChI=1S/C28H38N2O3.ClH/c1-5-25-19-29(18-23-9-7-6-8-10-23)20-28(33-25)13-15-30(16-14-28)27(31)24-11-12-26(22(4)17-24)32-21(2)3;/h6-12,17,21,25H,5,13-16,18-20H2,1-4H3;1H. The number of nitrogens with zero attached hydrogens (tertiary/aromatic N) is 2. The predicted octanol–water partition coefficient (Wildman–Crippen LogP) is 5.49. The van der Waals surface area contributed by atoms with Gasteiger partial charge in [-0.25, -0.2) is 0 Å². The number of benzene rings is 2. The topological polar surface area (TPSA) is 42.0 Å². The molecule has 5 nitrogen and oxygen atoms in total. The minimum absolute atomic E-state index is 0. The van der Waals surface area contributed by atoms with Crippen molar-refractivity contribution in [2.75, 3.05) is 26.2 Å². The van der Waals surface area contributed by atoms with Gasteiger partial charge >= 0.3 is 0 Å². The molecular formula is C28H39ClN2O3. The van der Waals surface area contributed by atoms with Crippen molar-refractivity contribution >= 4 is 18.3 Å². The summed E-state index contributed by atoms with van der Waals surface area (Å²) in [4.78, 5) is 17.7. The lowest BCUT2D eigenvalue weighted by molar-refractivity contribution is -0.175. The van der Waals surface area contributed by atoms with Crippen molar-refractivity contribution in [3.8, 4) is 5.75 Å². The van der Waals surface area contributed by atoms with Gasteiger partial charge in [-0.3, -0.25) is 9.69 Å². The normalized spacial score (nSPS) is 20.3. The van der Waals surface area contributed by atoms with Crippen LogP contribution in [0, 0.1) is 6.92 Å². The van der Waals surface area contributed by atoms with Gasteiger partial charge in [0.1, 0.15) is 5.75 Å². The van der Waals surface area contributed by atoms with Gasteiger partial charge in [0.15, 0.2) is 0 Å². The molecular weight excluding hydrogens is 448 g/mol. The largest absolute Gasteiger partial charge is 0.491 e. The summed E-state index contributed by atoms with van der Waals surface area (Å²) in [6.45, 7) is 12.6. The number of aryl methyl sites for hydroxylation is 1. The maximum absolute atomic E-state index is 13.2. The fraction of sp³-hybridized carbons (Fsp3) is 0.536. The van der Waals surface area contributed by atoms with E-state index in [2.05, 4.69) is 42.2 Å². The van der Waals surface area contributed by atoms with Crippen molar-refractivity contribution in [3.05, 3.63) is 65.2 Å². The molecule has 2 aromatic carbocycles. The highest BCUT2D eigenvalue weighted by molar-refractivity contribution is 5.94. The van der Waals surface area contributed by atoms with E-state index in [-0.39, 0.29) is 36.1 Å². The lowest BCUT2D eigenvalue weighted by Crippen LogP contribution is -2.59. The third-order valence-electron chi connectivity index (χ3n) is 6.84. The molecule has 2 saturated heterocycles. The highest BCUT2D eigenvalue weighted by Gasteiger charge is 2.43. The van der Waals surface area contributed by atoms with Gasteiger partial charge in [-0.1, -0.05) is 37.3 Å². The second-order valence-corrected chi connectivity index (χ2v) is 9.93. The summed E-state index contributed by atoms with van der Waals surface area (Å²) in [5, 5.41) is 0. The van der Waals surface area contributed by atoms with Crippen LogP contribution in [0.25, 0.3) is 0 Å². The van der Waals surface area contributed by atoms with Crippen molar-refractivity contribution in [2.45, 2.75) is 71.3 Å². The average Bonchev–Trinajstić information content (AvgIpc) is 2.80. The highest BCUT2D eigenvalue weighted by Crippen LogP contribution is 2.34. The van der Waals surface area contributed by atoms with Gasteiger partial charge in [0, 0.05) is 38.3 Å². The Morgan fingerprint density at radius 2 is 1.85 bits per heavy atom. The highest BCUT2D eigenvalue weighted by atomic mass is 35.5. The number of carbonyl (C=O) groups excluding carboxylic acids is 1. The third kappa shape index (κ3) is 6.32. The van der Waals surface area contributed by atoms with E-state index in [0.29, 0.717) is 0 Å². The summed E-state index contributed by atoms with van der Waals surface area (Å²) < 4.78 is 12.5. The van der Waals surface area contributed by atoms with Crippen LogP contribution < -0.4 is 4.74 Å². The van der Waals surface area contributed by atoms with Crippen molar-refractivity contribution in [1.82, 2.24) is 9.80 Å². The molecule has 1 amide bonds. The first-order chi connectivity index (χ1) is 15.9. The summed E-state index contributed by atoms with van der Waals surface area (Å²) in [5.41, 5.74) is 2.93. The molecule has 2 fully saturated rings. The zero-order valence-electron chi connectivity index (χ0n) is 21.0. The first-order valence-electron chi connectivity index (χ1n) is 12.4. The number of halogens is 1. The number of ether oxygens (including phenoxy) is 2. The maximum Gasteiger partial charge on any atom is 0.253 e. The molecule has 0 aromatic heterocycles. The molecule has 1 unspecified atom stereocenters. The van der Waals surface area contributed by atoms with E-state index >= 15 is 0 Å². The van der Waals surface area contributed by atoms with Gasteiger partial charge in [-0.05, 0) is 69.4 Å². The molecule has 2 aromatic rings. The summed E-state index contributed by atoms with van der Waals surface area (Å²) in [6, 6.07) is 16.4.